The number of rotatable bonds is 13. The van der Waals surface area contributed by atoms with Gasteiger partial charge < -0.3 is 9.47 Å². The predicted molar refractivity (Wildman–Crippen MR) is 150 cm³/mol. The van der Waals surface area contributed by atoms with E-state index in [0.717, 1.165) is 62.7 Å². The molecule has 0 aromatic heterocycles. The van der Waals surface area contributed by atoms with Crippen LogP contribution in [0.1, 0.15) is 80.6 Å². The van der Waals surface area contributed by atoms with Gasteiger partial charge in [0.15, 0.2) is 11.5 Å². The highest BCUT2D eigenvalue weighted by Crippen LogP contribution is 2.40. The smallest absolute Gasteiger partial charge is 0.327 e. The first-order chi connectivity index (χ1) is 19.0. The molecular weight excluding hydrogens is 492 g/mol. The summed E-state index contributed by atoms with van der Waals surface area (Å²) < 4.78 is 11.7. The van der Waals surface area contributed by atoms with Crippen molar-refractivity contribution in [1.29, 1.82) is 0 Å². The van der Waals surface area contributed by atoms with Gasteiger partial charge in [-0.3, -0.25) is 20.1 Å². The zero-order valence-corrected chi connectivity index (χ0v) is 22.7. The van der Waals surface area contributed by atoms with Crippen molar-refractivity contribution >= 4 is 11.8 Å². The molecule has 1 heterocycles. The molecule has 3 atom stereocenters. The van der Waals surface area contributed by atoms with Gasteiger partial charge >= 0.3 is 6.41 Å². The second-order valence-corrected chi connectivity index (χ2v) is 10.6. The van der Waals surface area contributed by atoms with Crippen LogP contribution in [0.15, 0.2) is 72.8 Å². The Morgan fingerprint density at radius 2 is 1.79 bits per heavy atom. The maximum absolute atomic E-state index is 12.4. The first-order valence-corrected chi connectivity index (χ1v) is 14.1. The van der Waals surface area contributed by atoms with Gasteiger partial charge in [-0.25, -0.2) is 5.48 Å². The average Bonchev–Trinajstić information content (AvgIpc) is 3.37. The molecule has 7 nitrogen and oxygen atoms in total. The maximum atomic E-state index is 12.4. The van der Waals surface area contributed by atoms with Crippen LogP contribution in [-0.2, 0) is 11.2 Å². The molecule has 0 saturated carbocycles. The number of hydrogen-bond acceptors (Lipinski definition) is 5. The molecule has 208 valence electrons. The number of carbonyl (C=O) groups is 2. The van der Waals surface area contributed by atoms with Crippen LogP contribution in [0.4, 0.5) is 0 Å². The number of hydrogen-bond donors (Lipinski definition) is 3. The number of fused-ring (bicyclic) bond motifs is 1. The van der Waals surface area contributed by atoms with E-state index in [-0.39, 0.29) is 23.1 Å². The van der Waals surface area contributed by atoms with Crippen LogP contribution < -0.4 is 20.3 Å². The number of benzene rings is 2. The summed E-state index contributed by atoms with van der Waals surface area (Å²) in [5, 5.41) is 11.8. The highest BCUT2D eigenvalue weighted by atomic mass is 16.7. The number of hydroxylamine groups is 1. The minimum absolute atomic E-state index is 0.195. The lowest BCUT2D eigenvalue weighted by atomic mass is 9.69. The Bertz CT molecular complexity index is 1160. The summed E-state index contributed by atoms with van der Waals surface area (Å²) in [4.78, 5) is 24.5. The Balaban J connectivity index is 1.12. The Kier molecular flexibility index (Phi) is 10.2. The monoisotopic (exact) mass is 532 g/mol. The second-order valence-electron chi connectivity index (χ2n) is 10.6. The first kappa shape index (κ1) is 28.4. The fourth-order valence-corrected chi connectivity index (χ4v) is 5.41. The second kappa shape index (κ2) is 14.0. The van der Waals surface area contributed by atoms with Gasteiger partial charge in [-0.15, -0.1) is 0 Å². The molecule has 0 bridgehead atoms. The van der Waals surface area contributed by atoms with Crippen LogP contribution in [-0.4, -0.2) is 23.4 Å². The SMILES string of the molecule is CC1(C/C=C/CCCCCCCc2cccc3c2OC(NC(=O)c2ccccc2)O3)C=CCCC1C(=O)NO. The summed E-state index contributed by atoms with van der Waals surface area (Å²) in [6.07, 6.45) is 17.9. The Morgan fingerprint density at radius 3 is 2.62 bits per heavy atom. The van der Waals surface area contributed by atoms with Gasteiger partial charge in [0.05, 0.1) is 0 Å². The maximum Gasteiger partial charge on any atom is 0.327 e. The molecular formula is C32H40N2O5. The molecule has 4 rings (SSSR count). The van der Waals surface area contributed by atoms with Crippen LogP contribution in [0, 0.1) is 11.3 Å². The lowest BCUT2D eigenvalue weighted by Gasteiger charge is -2.35. The highest BCUT2D eigenvalue weighted by molar-refractivity contribution is 5.94. The van der Waals surface area contributed by atoms with E-state index in [9.17, 15) is 9.59 Å². The van der Waals surface area contributed by atoms with E-state index in [0.29, 0.717) is 11.3 Å². The number of unbranched alkanes of at least 4 members (excludes halogenated alkanes) is 5. The van der Waals surface area contributed by atoms with Crippen molar-refractivity contribution in [3.05, 3.63) is 84.0 Å². The minimum atomic E-state index is -0.823. The number of amides is 2. The van der Waals surface area contributed by atoms with Crippen LogP contribution in [0.3, 0.4) is 0 Å². The van der Waals surface area contributed by atoms with E-state index >= 15 is 0 Å². The topological polar surface area (TPSA) is 96.9 Å². The van der Waals surface area contributed by atoms with Crippen LogP contribution in [0.2, 0.25) is 0 Å². The fraction of sp³-hybridized carbons (Fsp3) is 0.438. The standard InChI is InChI=1S/C32H40N2O5/c1-32(23-14-12-20-26(32)30(36)34-37)22-13-7-5-3-2-4-6-9-16-24-19-15-21-27-28(24)39-31(38-27)33-29(35)25-17-10-8-11-18-25/h7-8,10-11,13-15,17-19,21,23,26,31,37H,2-6,9,12,16,20,22H2,1H3,(H,33,35)(H,34,36)/b13-7+. The van der Waals surface area contributed by atoms with Crippen LogP contribution in [0.25, 0.3) is 0 Å². The lowest BCUT2D eigenvalue weighted by molar-refractivity contribution is -0.137. The largest absolute Gasteiger partial charge is 0.433 e. The van der Waals surface area contributed by atoms with Crippen LogP contribution >= 0.6 is 0 Å². The van der Waals surface area contributed by atoms with Crippen LogP contribution in [0.5, 0.6) is 11.5 Å². The molecule has 2 aliphatic rings. The van der Waals surface area contributed by atoms with Crippen molar-refractivity contribution in [3.8, 4) is 11.5 Å². The summed E-state index contributed by atoms with van der Waals surface area (Å²) in [6, 6.07) is 14.9. The molecule has 2 aromatic carbocycles. The normalized spacial score (nSPS) is 21.7. The van der Waals surface area contributed by atoms with Crippen molar-refractivity contribution in [2.45, 2.75) is 77.5 Å². The summed E-state index contributed by atoms with van der Waals surface area (Å²) in [5.41, 5.74) is 3.25. The van der Waals surface area contributed by atoms with Crippen molar-refractivity contribution in [1.82, 2.24) is 10.8 Å². The van der Waals surface area contributed by atoms with E-state index in [1.807, 2.05) is 35.8 Å². The van der Waals surface area contributed by atoms with Crippen molar-refractivity contribution in [3.63, 3.8) is 0 Å². The Hall–Kier alpha value is -3.58. The molecule has 1 aliphatic carbocycles. The van der Waals surface area contributed by atoms with E-state index in [2.05, 4.69) is 42.6 Å². The van der Waals surface area contributed by atoms with Gasteiger partial charge in [-0.1, -0.05) is 80.8 Å². The van der Waals surface area contributed by atoms with E-state index in [1.165, 1.54) is 12.8 Å². The highest BCUT2D eigenvalue weighted by Gasteiger charge is 2.37. The molecule has 0 radical (unpaired) electrons. The number of nitrogens with one attached hydrogen (secondary N) is 2. The van der Waals surface area contributed by atoms with E-state index in [4.69, 9.17) is 14.7 Å². The summed E-state index contributed by atoms with van der Waals surface area (Å²) >= 11 is 0. The third-order valence-corrected chi connectivity index (χ3v) is 7.69. The van der Waals surface area contributed by atoms with Gasteiger partial charge in [0.1, 0.15) is 0 Å². The molecule has 2 aromatic rings. The number of ether oxygens (including phenoxy) is 2. The average molecular weight is 533 g/mol. The molecule has 2 amide bonds. The van der Waals surface area contributed by atoms with Gasteiger partial charge in [0.2, 0.25) is 5.91 Å². The number of allylic oxidation sites excluding steroid dienone is 4. The molecule has 3 N–H and O–H groups in total. The van der Waals surface area contributed by atoms with Crippen molar-refractivity contribution in [2.24, 2.45) is 11.3 Å². The minimum Gasteiger partial charge on any atom is -0.433 e. The van der Waals surface area contributed by atoms with Gasteiger partial charge in [-0.05, 0) is 68.7 Å². The first-order valence-electron chi connectivity index (χ1n) is 14.1. The lowest BCUT2D eigenvalue weighted by Crippen LogP contribution is -2.40. The van der Waals surface area contributed by atoms with Gasteiger partial charge in [-0.2, -0.15) is 0 Å². The van der Waals surface area contributed by atoms with Gasteiger partial charge in [0.25, 0.3) is 5.91 Å². The van der Waals surface area contributed by atoms with Crippen molar-refractivity contribution in [2.75, 3.05) is 0 Å². The summed E-state index contributed by atoms with van der Waals surface area (Å²) in [6.45, 7) is 2.09. The summed E-state index contributed by atoms with van der Waals surface area (Å²) in [7, 11) is 0. The molecule has 1 aliphatic heterocycles. The van der Waals surface area contributed by atoms with Gasteiger partial charge in [0, 0.05) is 16.9 Å². The molecule has 39 heavy (non-hydrogen) atoms. The number of para-hydroxylation sites is 1. The molecule has 0 spiro atoms. The number of aryl methyl sites for hydroxylation is 1. The predicted octanol–water partition coefficient (Wildman–Crippen LogP) is 6.48. The molecule has 3 unspecified atom stereocenters. The Morgan fingerprint density at radius 1 is 1.00 bits per heavy atom. The zero-order valence-electron chi connectivity index (χ0n) is 22.7. The molecule has 0 saturated heterocycles. The third kappa shape index (κ3) is 7.73. The van der Waals surface area contributed by atoms with Crippen molar-refractivity contribution < 1.29 is 24.3 Å². The molecule has 7 heteroatoms. The third-order valence-electron chi connectivity index (χ3n) is 7.69. The quantitative estimate of drug-likeness (QED) is 0.119. The summed E-state index contributed by atoms with van der Waals surface area (Å²) in [5.74, 6) is 0.672. The Labute approximate surface area is 231 Å². The zero-order chi connectivity index (χ0) is 27.5. The van der Waals surface area contributed by atoms with E-state index in [1.54, 1.807) is 12.1 Å². The fourth-order valence-electron chi connectivity index (χ4n) is 5.41. The van der Waals surface area contributed by atoms with E-state index < -0.39 is 6.41 Å². The molecule has 0 fully saturated rings. The number of carbonyl (C=O) groups excluding carboxylic acids is 2.